The minimum Gasteiger partial charge on any atom is -0.371 e. The van der Waals surface area contributed by atoms with E-state index >= 15 is 0 Å². The molecule has 2 aromatic heterocycles. The van der Waals surface area contributed by atoms with Crippen molar-refractivity contribution in [3.05, 3.63) is 158 Å². The summed E-state index contributed by atoms with van der Waals surface area (Å²) in [5, 5.41) is 5.68. The lowest BCUT2D eigenvalue weighted by atomic mass is 9.46. The van der Waals surface area contributed by atoms with Crippen LogP contribution < -0.4 is 9.80 Å². The number of rotatable bonds is 4. The maximum Gasteiger partial charge on any atom is 0.0786 e. The van der Waals surface area contributed by atoms with Gasteiger partial charge in [-0.05, 0) is 186 Å². The van der Waals surface area contributed by atoms with Crippen molar-refractivity contribution in [2.24, 2.45) is 47.3 Å². The Morgan fingerprint density at radius 2 is 0.603 bits per heavy atom. The molecule has 0 N–H and O–H groups in total. The molecule has 2 aliphatic heterocycles. The number of fused-ring (bicyclic) bond motifs is 18. The lowest BCUT2D eigenvalue weighted by Crippen LogP contribution is -2.68. The second-order valence-corrected chi connectivity index (χ2v) is 26.7. The van der Waals surface area contributed by atoms with E-state index in [0.717, 1.165) is 0 Å². The van der Waals surface area contributed by atoms with Gasteiger partial charge in [0, 0.05) is 67.1 Å². The van der Waals surface area contributed by atoms with Crippen molar-refractivity contribution in [3.63, 3.8) is 0 Å². The van der Waals surface area contributed by atoms with Crippen LogP contribution in [0.25, 0.3) is 43.6 Å². The molecule has 18 unspecified atom stereocenters. The van der Waals surface area contributed by atoms with E-state index in [1.165, 1.54) is 171 Å². The van der Waals surface area contributed by atoms with Crippen LogP contribution in [-0.4, -0.2) is 57.7 Å². The van der Waals surface area contributed by atoms with E-state index in [4.69, 9.17) is 9.47 Å². The summed E-state index contributed by atoms with van der Waals surface area (Å²) in [5.74, 6) is 5.23. The van der Waals surface area contributed by atoms with Gasteiger partial charge in [-0.25, -0.2) is 0 Å². The Kier molecular flexibility index (Phi) is 11.5. The first kappa shape index (κ1) is 47.3. The maximum absolute atomic E-state index is 7.76. The van der Waals surface area contributed by atoms with Crippen LogP contribution in [0.15, 0.2) is 158 Å². The number of ether oxygens (including phenoxy) is 2. The van der Waals surface area contributed by atoms with Crippen LogP contribution in [0, 0.1) is 47.3 Å². The minimum atomic E-state index is 0.269. The molecular weight excluding hydrogens is 953 g/mol. The van der Waals surface area contributed by atoms with E-state index in [1.54, 1.807) is 0 Å². The number of benzene rings is 6. The van der Waals surface area contributed by atoms with Crippen LogP contribution in [0.1, 0.15) is 128 Å². The van der Waals surface area contributed by atoms with Gasteiger partial charge in [-0.3, -0.25) is 0 Å². The van der Waals surface area contributed by atoms with Crippen molar-refractivity contribution in [3.8, 4) is 0 Å². The highest BCUT2D eigenvalue weighted by molar-refractivity contribution is 6.09. The molecule has 0 amide bonds. The van der Waals surface area contributed by atoms with E-state index in [0.29, 0.717) is 95.8 Å². The van der Waals surface area contributed by atoms with Crippen LogP contribution in [0.4, 0.5) is 11.4 Å². The van der Waals surface area contributed by atoms with Gasteiger partial charge in [0.15, 0.2) is 0 Å². The van der Waals surface area contributed by atoms with Crippen molar-refractivity contribution in [2.45, 2.75) is 176 Å². The molecule has 17 rings (SSSR count). The van der Waals surface area contributed by atoms with Gasteiger partial charge in [0.25, 0.3) is 0 Å². The summed E-state index contributed by atoms with van der Waals surface area (Å²) in [6.07, 6.45) is 24.0. The highest BCUT2D eigenvalue weighted by Crippen LogP contribution is 2.65. The Morgan fingerprint density at radius 1 is 0.269 bits per heavy atom. The molecule has 6 heteroatoms. The average Bonchev–Trinajstić information content (AvgIpc) is 4.09. The standard InChI is InChI=1S/C72H80N4O2/c1-3-19-45(20-4-1)73-65-31-15-17-33-69(65)77-71-43-59-49-37-35-47(75-61-27-11-7-23-51(61)52-24-8-12-28-62(52)75)39-55(49)56-40-48(76-63-29-13-9-25-53(63)54-26-10-14-30-64(54)76)36-38-50(56)60-44-72-68(42-58(60)57(59)41-67(71)73)74(46-21-5-2-6-22-46)66-32-16-18-34-70(66)78-72/h1-14,19-30,47-50,55-60,65-72H,15-18,31-44H2. The fourth-order valence-electron chi connectivity index (χ4n) is 20.9. The van der Waals surface area contributed by atoms with E-state index in [2.05, 4.69) is 177 Å². The molecule has 0 bridgehead atoms. The number of hydrogen-bond acceptors (Lipinski definition) is 4. The Labute approximate surface area is 462 Å². The Morgan fingerprint density at radius 3 is 1.00 bits per heavy atom. The number of aromatic nitrogens is 2. The van der Waals surface area contributed by atoms with Crippen LogP contribution in [0.5, 0.6) is 0 Å². The molecule has 2 saturated heterocycles. The summed E-state index contributed by atoms with van der Waals surface area (Å²) in [6.45, 7) is 0. The summed E-state index contributed by atoms with van der Waals surface area (Å²) in [6, 6.07) is 63.8. The monoisotopic (exact) mass is 1030 g/mol. The second-order valence-electron chi connectivity index (χ2n) is 26.7. The molecule has 78 heavy (non-hydrogen) atoms. The highest BCUT2D eigenvalue weighted by Gasteiger charge is 2.61. The first-order valence-corrected chi connectivity index (χ1v) is 31.6. The smallest absolute Gasteiger partial charge is 0.0786 e. The third kappa shape index (κ3) is 7.39. The SMILES string of the molecule is c1ccc(N2C3CCCCC3OC3CC4C5CCC(n6c7ccccc7c7ccccc76)CC5C5CC(n6c7ccccc7c7ccccc76)CCC5C5CC6OC7CCCCC7N(c7ccccc7)C6CC5C4CC32)cc1. The molecule has 4 heterocycles. The molecule has 0 radical (unpaired) electrons. The van der Waals surface area contributed by atoms with E-state index < -0.39 is 0 Å². The Hall–Kier alpha value is -5.56. The zero-order valence-electron chi connectivity index (χ0n) is 45.7. The Balaban J connectivity index is 0.837. The molecular formula is C72H80N4O2. The van der Waals surface area contributed by atoms with Crippen LogP contribution in [0.2, 0.25) is 0 Å². The van der Waals surface area contributed by atoms with Gasteiger partial charge >= 0.3 is 0 Å². The fourth-order valence-corrected chi connectivity index (χ4v) is 20.9. The normalized spacial score (nSPS) is 37.4. The van der Waals surface area contributed by atoms with Crippen molar-refractivity contribution in [1.82, 2.24) is 9.13 Å². The van der Waals surface area contributed by atoms with Gasteiger partial charge in [-0.1, -0.05) is 135 Å². The molecule has 400 valence electrons. The van der Waals surface area contributed by atoms with Crippen LogP contribution in [0.3, 0.4) is 0 Å². The molecule has 8 aromatic rings. The lowest BCUT2D eigenvalue weighted by molar-refractivity contribution is -0.173. The quantitative estimate of drug-likeness (QED) is 0.165. The van der Waals surface area contributed by atoms with Crippen molar-refractivity contribution >= 4 is 55.0 Å². The summed E-state index contributed by atoms with van der Waals surface area (Å²) in [5.41, 5.74) is 8.64. The number of nitrogens with zero attached hydrogens (tertiary/aromatic N) is 4. The van der Waals surface area contributed by atoms with E-state index in [1.807, 2.05) is 0 Å². The second kappa shape index (κ2) is 19.0. The molecule has 6 aromatic carbocycles. The molecule has 0 spiro atoms. The zero-order valence-corrected chi connectivity index (χ0v) is 45.7. The lowest BCUT2D eigenvalue weighted by Gasteiger charge is -2.65. The van der Waals surface area contributed by atoms with Crippen molar-refractivity contribution in [2.75, 3.05) is 9.80 Å². The molecule has 18 atom stereocenters. The summed E-state index contributed by atoms with van der Waals surface area (Å²) < 4.78 is 21.2. The largest absolute Gasteiger partial charge is 0.371 e. The van der Waals surface area contributed by atoms with E-state index in [9.17, 15) is 0 Å². The topological polar surface area (TPSA) is 34.8 Å². The first-order valence-electron chi connectivity index (χ1n) is 31.6. The molecule has 6 nitrogen and oxygen atoms in total. The average molecular weight is 1030 g/mol. The summed E-state index contributed by atoms with van der Waals surface area (Å²) >= 11 is 0. The van der Waals surface area contributed by atoms with Crippen molar-refractivity contribution in [1.29, 1.82) is 0 Å². The summed E-state index contributed by atoms with van der Waals surface area (Å²) in [4.78, 5) is 6.02. The van der Waals surface area contributed by atoms with Gasteiger partial charge < -0.3 is 28.4 Å². The van der Waals surface area contributed by atoms with Gasteiger partial charge in [-0.15, -0.1) is 0 Å². The minimum absolute atomic E-state index is 0.269. The van der Waals surface area contributed by atoms with Gasteiger partial charge in [0.2, 0.25) is 0 Å². The molecule has 7 aliphatic carbocycles. The molecule has 9 fully saturated rings. The number of para-hydroxylation sites is 6. The molecule has 9 aliphatic rings. The van der Waals surface area contributed by atoms with Gasteiger partial charge in [0.1, 0.15) is 0 Å². The van der Waals surface area contributed by atoms with Gasteiger partial charge in [0.05, 0.1) is 48.6 Å². The predicted molar refractivity (Wildman–Crippen MR) is 318 cm³/mol. The third-order valence-corrected chi connectivity index (χ3v) is 23.6. The number of anilines is 2. The number of morpholine rings is 2. The van der Waals surface area contributed by atoms with Crippen LogP contribution in [-0.2, 0) is 9.47 Å². The highest BCUT2D eigenvalue weighted by atomic mass is 16.5. The Bertz CT molecular complexity index is 3140. The fraction of sp³-hybridized carbons (Fsp3) is 0.500. The predicted octanol–water partition coefficient (Wildman–Crippen LogP) is 16.8. The summed E-state index contributed by atoms with van der Waals surface area (Å²) in [7, 11) is 0. The van der Waals surface area contributed by atoms with Crippen LogP contribution >= 0.6 is 0 Å². The maximum atomic E-state index is 7.76. The van der Waals surface area contributed by atoms with E-state index in [-0.39, 0.29) is 12.2 Å². The van der Waals surface area contributed by atoms with Crippen molar-refractivity contribution < 1.29 is 9.47 Å². The zero-order chi connectivity index (χ0) is 51.0. The third-order valence-electron chi connectivity index (χ3n) is 23.6. The first-order chi connectivity index (χ1) is 38.7. The molecule has 7 saturated carbocycles. The number of hydrogen-bond donors (Lipinski definition) is 0. The van der Waals surface area contributed by atoms with Gasteiger partial charge in [-0.2, -0.15) is 0 Å².